The molecule has 0 fully saturated rings. The summed E-state index contributed by atoms with van der Waals surface area (Å²) in [6.45, 7) is 4.89. The molecule has 1 amide bonds. The van der Waals surface area contributed by atoms with Gasteiger partial charge in [-0.1, -0.05) is 140 Å². The van der Waals surface area contributed by atoms with Crippen molar-refractivity contribution in [1.82, 2.24) is 5.32 Å². The van der Waals surface area contributed by atoms with Gasteiger partial charge in [0.05, 0.1) is 0 Å². The molecule has 0 saturated heterocycles. The van der Waals surface area contributed by atoms with Crippen molar-refractivity contribution in [3.8, 4) is 0 Å². The van der Waals surface area contributed by atoms with Gasteiger partial charge >= 0.3 is 11.9 Å². The molecule has 7 heteroatoms. The number of unbranched alkanes of at least 4 members (excludes halogenated alkanes) is 17. The number of nitrogens with one attached hydrogen (secondary N) is 1. The Morgan fingerprint density at radius 3 is 1.58 bits per heavy atom. The number of ether oxygens (including phenoxy) is 1. The zero-order chi connectivity index (χ0) is 38.9. The highest BCUT2D eigenvalue weighted by Gasteiger charge is 2.19. The summed E-state index contributed by atoms with van der Waals surface area (Å²) in [6.07, 6.45) is 48.6. The molecule has 7 nitrogen and oxygen atoms in total. The highest BCUT2D eigenvalue weighted by molar-refractivity contribution is 5.83. The zero-order valence-electron chi connectivity index (χ0n) is 34.4. The third-order valence-electron chi connectivity index (χ3n) is 9.62. The molecule has 2 atom stereocenters. The van der Waals surface area contributed by atoms with E-state index >= 15 is 0 Å². The first-order chi connectivity index (χ1) is 25.9. The number of rotatable bonds is 39. The topological polar surface area (TPSA) is 119 Å². The van der Waals surface area contributed by atoms with Gasteiger partial charge in [0.15, 0.2) is 0 Å². The number of allylic oxidation sites excluding steroid dienone is 8. The van der Waals surface area contributed by atoms with Gasteiger partial charge in [-0.3, -0.25) is 9.59 Å². The molecule has 0 aliphatic heterocycles. The van der Waals surface area contributed by atoms with E-state index in [0.29, 0.717) is 32.2 Å². The van der Waals surface area contributed by atoms with Gasteiger partial charge in [-0.05, 0) is 109 Å². The predicted molar refractivity (Wildman–Crippen MR) is 225 cm³/mol. The standard InChI is InChI=1S/C46H82N2O5/c1-3-5-7-9-11-13-15-17-19-21-23-25-30-34-40-45(50)53-42(36-31-27-24-22-20-18-16-14-12-10-8-6-4-2)37-32-28-26-29-33-39-44(49)48-43(46(51)52)38-35-41-47/h9,11,15-18,22,24,42-43H,3-8,10,12-14,19-21,23,25-41,47H2,1-2H3,(H,48,49)(H,51,52)/b11-9-,17-15-,18-16-,24-22-. The second-order valence-electron chi connectivity index (χ2n) is 14.7. The van der Waals surface area contributed by atoms with Crippen molar-refractivity contribution in [3.05, 3.63) is 48.6 Å². The number of carboxylic acid groups (broad SMARTS) is 1. The molecule has 306 valence electrons. The molecule has 0 aromatic rings. The lowest BCUT2D eigenvalue weighted by Gasteiger charge is -2.18. The third-order valence-corrected chi connectivity index (χ3v) is 9.62. The molecule has 0 spiro atoms. The lowest BCUT2D eigenvalue weighted by Crippen LogP contribution is -2.40. The van der Waals surface area contributed by atoms with Crippen molar-refractivity contribution in [2.24, 2.45) is 5.73 Å². The van der Waals surface area contributed by atoms with Crippen molar-refractivity contribution in [2.45, 2.75) is 219 Å². The second-order valence-corrected chi connectivity index (χ2v) is 14.7. The van der Waals surface area contributed by atoms with E-state index in [1.807, 2.05) is 0 Å². The number of hydrogen-bond donors (Lipinski definition) is 3. The minimum absolute atomic E-state index is 0.0379. The summed E-state index contributed by atoms with van der Waals surface area (Å²) in [7, 11) is 0. The third kappa shape index (κ3) is 37.4. The Hall–Kier alpha value is -2.67. The first-order valence-electron chi connectivity index (χ1n) is 22.0. The van der Waals surface area contributed by atoms with Crippen LogP contribution in [0.1, 0.15) is 206 Å². The molecule has 0 aliphatic carbocycles. The molecule has 4 N–H and O–H groups in total. The fraction of sp³-hybridized carbons (Fsp3) is 0.761. The van der Waals surface area contributed by atoms with Crippen LogP contribution in [0.3, 0.4) is 0 Å². The van der Waals surface area contributed by atoms with Crippen LogP contribution in [0.4, 0.5) is 0 Å². The maximum absolute atomic E-state index is 12.8. The number of esters is 1. The molecule has 0 aromatic carbocycles. The van der Waals surface area contributed by atoms with Crippen molar-refractivity contribution in [1.29, 1.82) is 0 Å². The van der Waals surface area contributed by atoms with Crippen molar-refractivity contribution >= 4 is 17.8 Å². The number of nitrogens with two attached hydrogens (primary N) is 1. The number of hydrogen-bond acceptors (Lipinski definition) is 5. The molecular formula is C46H82N2O5. The van der Waals surface area contributed by atoms with Gasteiger partial charge < -0.3 is 20.9 Å². The van der Waals surface area contributed by atoms with Gasteiger partial charge in [0.1, 0.15) is 12.1 Å². The molecule has 53 heavy (non-hydrogen) atoms. The first-order valence-corrected chi connectivity index (χ1v) is 22.0. The Bertz CT molecular complexity index is 973. The maximum atomic E-state index is 12.8. The lowest BCUT2D eigenvalue weighted by atomic mass is 10.0. The summed E-state index contributed by atoms with van der Waals surface area (Å²) < 4.78 is 6.02. The summed E-state index contributed by atoms with van der Waals surface area (Å²) in [5.74, 6) is -1.28. The summed E-state index contributed by atoms with van der Waals surface area (Å²) in [4.78, 5) is 36.4. The SMILES string of the molecule is CCCC/C=C\C/C=C\CCCCCCCC(=O)OC(CCC/C=C\C/C=C\CCCCCCC)CCCCCCCC(=O)NC(CCCN)C(=O)O. The van der Waals surface area contributed by atoms with Crippen LogP contribution >= 0.6 is 0 Å². The minimum atomic E-state index is -1.01. The van der Waals surface area contributed by atoms with Crippen LogP contribution in [-0.4, -0.2) is 41.6 Å². The largest absolute Gasteiger partial charge is 0.480 e. The minimum Gasteiger partial charge on any atom is -0.480 e. The number of carboxylic acids is 1. The maximum Gasteiger partial charge on any atom is 0.326 e. The number of amides is 1. The quantitative estimate of drug-likeness (QED) is 0.0328. The monoisotopic (exact) mass is 743 g/mol. The number of aliphatic carboxylic acids is 1. The Morgan fingerprint density at radius 2 is 1.02 bits per heavy atom. The van der Waals surface area contributed by atoms with Crippen LogP contribution < -0.4 is 11.1 Å². The number of carbonyl (C=O) groups is 3. The summed E-state index contributed by atoms with van der Waals surface area (Å²) >= 11 is 0. The van der Waals surface area contributed by atoms with Crippen LogP contribution in [0.2, 0.25) is 0 Å². The van der Waals surface area contributed by atoms with E-state index in [1.54, 1.807) is 0 Å². The van der Waals surface area contributed by atoms with Crippen LogP contribution in [0, 0.1) is 0 Å². The van der Waals surface area contributed by atoms with Gasteiger partial charge in [0.25, 0.3) is 0 Å². The van der Waals surface area contributed by atoms with Gasteiger partial charge in [0, 0.05) is 12.8 Å². The molecule has 0 heterocycles. The Morgan fingerprint density at radius 1 is 0.547 bits per heavy atom. The summed E-state index contributed by atoms with van der Waals surface area (Å²) in [6, 6.07) is -0.863. The van der Waals surface area contributed by atoms with Crippen molar-refractivity contribution in [2.75, 3.05) is 6.54 Å². The van der Waals surface area contributed by atoms with E-state index in [4.69, 9.17) is 10.5 Å². The molecule has 0 bridgehead atoms. The van der Waals surface area contributed by atoms with E-state index < -0.39 is 12.0 Å². The van der Waals surface area contributed by atoms with E-state index in [2.05, 4.69) is 67.8 Å². The summed E-state index contributed by atoms with van der Waals surface area (Å²) in [5.41, 5.74) is 5.48. The van der Waals surface area contributed by atoms with E-state index in [9.17, 15) is 19.5 Å². The highest BCUT2D eigenvalue weighted by atomic mass is 16.5. The fourth-order valence-electron chi connectivity index (χ4n) is 6.27. The van der Waals surface area contributed by atoms with Crippen LogP contribution in [-0.2, 0) is 19.1 Å². The van der Waals surface area contributed by atoms with Gasteiger partial charge in [-0.25, -0.2) is 4.79 Å². The first kappa shape index (κ1) is 50.3. The van der Waals surface area contributed by atoms with Crippen molar-refractivity contribution < 1.29 is 24.2 Å². The Kier molecular flexibility index (Phi) is 38.5. The predicted octanol–water partition coefficient (Wildman–Crippen LogP) is 12.4. The Balaban J connectivity index is 4.43. The van der Waals surface area contributed by atoms with Gasteiger partial charge in [-0.2, -0.15) is 0 Å². The van der Waals surface area contributed by atoms with Crippen molar-refractivity contribution in [3.63, 3.8) is 0 Å². The van der Waals surface area contributed by atoms with E-state index in [1.165, 1.54) is 70.6 Å². The fourth-order valence-corrected chi connectivity index (χ4v) is 6.27. The smallest absolute Gasteiger partial charge is 0.326 e. The summed E-state index contributed by atoms with van der Waals surface area (Å²) in [5, 5.41) is 11.9. The van der Waals surface area contributed by atoms with Crippen LogP contribution in [0.25, 0.3) is 0 Å². The molecule has 0 radical (unpaired) electrons. The van der Waals surface area contributed by atoms with Crippen LogP contribution in [0.5, 0.6) is 0 Å². The molecular weight excluding hydrogens is 661 g/mol. The highest BCUT2D eigenvalue weighted by Crippen LogP contribution is 2.18. The van der Waals surface area contributed by atoms with Gasteiger partial charge in [-0.15, -0.1) is 0 Å². The van der Waals surface area contributed by atoms with Gasteiger partial charge in [0.2, 0.25) is 5.91 Å². The normalized spacial score (nSPS) is 13.1. The second kappa shape index (κ2) is 40.5. The van der Waals surface area contributed by atoms with E-state index in [0.717, 1.165) is 96.3 Å². The zero-order valence-corrected chi connectivity index (χ0v) is 34.4. The van der Waals surface area contributed by atoms with E-state index in [-0.39, 0.29) is 18.0 Å². The average molecular weight is 743 g/mol. The number of carbonyl (C=O) groups excluding carboxylic acids is 2. The molecule has 0 aromatic heterocycles. The molecule has 0 rings (SSSR count). The van der Waals surface area contributed by atoms with Crippen LogP contribution in [0.15, 0.2) is 48.6 Å². The molecule has 0 saturated carbocycles. The lowest BCUT2D eigenvalue weighted by molar-refractivity contribution is -0.150. The Labute approximate surface area is 326 Å². The molecule has 2 unspecified atom stereocenters. The average Bonchev–Trinajstić information content (AvgIpc) is 3.14. The molecule has 0 aliphatic rings.